The molecule has 1 aliphatic heterocycles. The van der Waals surface area contributed by atoms with Crippen molar-refractivity contribution in [2.75, 3.05) is 13.2 Å². The van der Waals surface area contributed by atoms with E-state index >= 15 is 0 Å². The Morgan fingerprint density at radius 1 is 0.453 bits per heavy atom. The molecular weight excluding hydrogens is 949 g/mol. The van der Waals surface area contributed by atoms with Crippen LogP contribution in [0.4, 0.5) is 0 Å². The molecule has 0 aliphatic carbocycles. The Morgan fingerprint density at radius 2 is 0.840 bits per heavy atom. The van der Waals surface area contributed by atoms with E-state index in [9.17, 15) is 34.5 Å². The molecule has 0 aromatic carbocycles. The second-order valence-corrected chi connectivity index (χ2v) is 20.3. The third-order valence-corrected chi connectivity index (χ3v) is 13.3. The molecular formula is C63H106O12. The first-order valence-electron chi connectivity index (χ1n) is 29.9. The summed E-state index contributed by atoms with van der Waals surface area (Å²) in [7, 11) is 0. The first-order valence-corrected chi connectivity index (χ1v) is 29.9. The molecule has 1 heterocycles. The highest BCUT2D eigenvalue weighted by molar-refractivity contribution is 5.74. The molecule has 12 heteroatoms. The topological polar surface area (TPSA) is 175 Å². The van der Waals surface area contributed by atoms with Crippen LogP contribution in [0.25, 0.3) is 0 Å². The number of carbonyl (C=O) groups excluding carboxylic acids is 3. The lowest BCUT2D eigenvalue weighted by atomic mass is 9.98. The number of unbranched alkanes of at least 4 members (excludes halogenated alkanes) is 24. The molecule has 0 amide bonds. The van der Waals surface area contributed by atoms with E-state index in [0.717, 1.165) is 109 Å². The van der Waals surface area contributed by atoms with Gasteiger partial charge in [-0.15, -0.1) is 0 Å². The summed E-state index contributed by atoms with van der Waals surface area (Å²) in [5.41, 5.74) is 0. The third-order valence-electron chi connectivity index (χ3n) is 13.3. The van der Waals surface area contributed by atoms with Gasteiger partial charge in [0.2, 0.25) is 0 Å². The van der Waals surface area contributed by atoms with E-state index in [1.165, 1.54) is 83.5 Å². The van der Waals surface area contributed by atoms with Crippen LogP contribution in [-0.4, -0.2) is 89.2 Å². The van der Waals surface area contributed by atoms with Crippen LogP contribution in [0.3, 0.4) is 0 Å². The van der Waals surface area contributed by atoms with Crippen molar-refractivity contribution in [2.45, 2.75) is 289 Å². The molecule has 0 saturated carbocycles. The number of esters is 3. The molecule has 0 radical (unpaired) electrons. The number of hydrogen-bond donors (Lipinski definition) is 3. The molecule has 0 aromatic heterocycles. The van der Waals surface area contributed by atoms with Gasteiger partial charge in [-0.1, -0.05) is 216 Å². The van der Waals surface area contributed by atoms with Crippen LogP contribution in [-0.2, 0) is 42.9 Å². The first-order chi connectivity index (χ1) is 36.6. The number of ether oxygens (including phenoxy) is 5. The number of carbonyl (C=O) groups is 4. The zero-order valence-corrected chi connectivity index (χ0v) is 47.3. The summed E-state index contributed by atoms with van der Waals surface area (Å²) in [6, 6.07) is 0. The van der Waals surface area contributed by atoms with E-state index in [2.05, 4.69) is 93.7 Å². The number of aliphatic hydroxyl groups is 2. The van der Waals surface area contributed by atoms with Gasteiger partial charge in [0.15, 0.2) is 24.6 Å². The maximum absolute atomic E-state index is 13.1. The molecule has 12 nitrogen and oxygen atoms in total. The van der Waals surface area contributed by atoms with Gasteiger partial charge in [-0.05, 0) is 89.9 Å². The van der Waals surface area contributed by atoms with E-state index in [4.69, 9.17) is 23.7 Å². The summed E-state index contributed by atoms with van der Waals surface area (Å²) in [6.07, 6.45) is 51.6. The molecule has 6 atom stereocenters. The number of aliphatic carboxylic acids is 1. The van der Waals surface area contributed by atoms with E-state index in [0.29, 0.717) is 19.3 Å². The second kappa shape index (κ2) is 50.9. The van der Waals surface area contributed by atoms with E-state index in [-0.39, 0.29) is 25.9 Å². The molecule has 1 saturated heterocycles. The third kappa shape index (κ3) is 41.0. The average Bonchev–Trinajstić information content (AvgIpc) is 3.39. The van der Waals surface area contributed by atoms with Crippen LogP contribution in [0.2, 0.25) is 0 Å². The standard InChI is InChI=1S/C63H106O12/c1-4-7-10-13-16-19-22-24-26-27-28-29-31-33-36-39-42-45-48-51-57(66)74-61-59(68)58(67)60(62(69)70)75-63(61)72-53-54(73-56(65)50-47-44-41-38-34-21-18-15-12-9-6-3)52-71-55(64)49-46-43-40-37-35-32-30-25-23-20-17-14-11-8-5-2/h7,10,16,19,24-26,28-30,33,36,54,58-61,63,67-68H,4-6,8-9,11-15,17-18,20-23,27,31-32,34-35,37-53H2,1-3H3,(H,69,70)/b10-7-,19-16-,26-24-,29-28-,30-25-,36-33-. The van der Waals surface area contributed by atoms with Crippen LogP contribution in [0.5, 0.6) is 0 Å². The first kappa shape index (κ1) is 69.2. The van der Waals surface area contributed by atoms with Crippen molar-refractivity contribution >= 4 is 23.9 Å². The Labute approximate surface area is 455 Å². The smallest absolute Gasteiger partial charge is 0.335 e. The highest BCUT2D eigenvalue weighted by Crippen LogP contribution is 2.26. The van der Waals surface area contributed by atoms with Crippen LogP contribution in [0.15, 0.2) is 72.9 Å². The minimum absolute atomic E-state index is 0.0198. The van der Waals surface area contributed by atoms with E-state index in [1.807, 2.05) is 0 Å². The molecule has 1 fully saturated rings. The minimum atomic E-state index is -1.92. The van der Waals surface area contributed by atoms with Crippen molar-refractivity contribution in [3.05, 3.63) is 72.9 Å². The van der Waals surface area contributed by atoms with E-state index < -0.39 is 67.3 Å². The minimum Gasteiger partial charge on any atom is -0.479 e. The summed E-state index contributed by atoms with van der Waals surface area (Å²) in [5, 5.41) is 31.5. The summed E-state index contributed by atoms with van der Waals surface area (Å²) in [5.74, 6) is -3.17. The molecule has 0 spiro atoms. The predicted octanol–water partition coefficient (Wildman–Crippen LogP) is 15.3. The summed E-state index contributed by atoms with van der Waals surface area (Å²) < 4.78 is 28.4. The van der Waals surface area contributed by atoms with Gasteiger partial charge in [0, 0.05) is 19.3 Å². The fourth-order valence-electron chi connectivity index (χ4n) is 8.68. The molecule has 75 heavy (non-hydrogen) atoms. The number of carboxylic acid groups (broad SMARTS) is 1. The monoisotopic (exact) mass is 1050 g/mol. The molecule has 1 aliphatic rings. The fraction of sp³-hybridized carbons (Fsp3) is 0.746. The van der Waals surface area contributed by atoms with Gasteiger partial charge in [0.05, 0.1) is 6.61 Å². The number of hydrogen-bond acceptors (Lipinski definition) is 11. The Morgan fingerprint density at radius 3 is 1.31 bits per heavy atom. The Hall–Kier alpha value is -3.84. The SMILES string of the molecule is CC/C=C\C/C=C\C/C=C\C/C=C\C/C=C\CCCCCC(=O)OC1C(OCC(COC(=O)CCCCCCC/C=C\CCCCCCCC)OC(=O)CCCCCCCCCCCCC)OC(C(=O)O)C(O)C1O. The van der Waals surface area contributed by atoms with Gasteiger partial charge < -0.3 is 39.0 Å². The largest absolute Gasteiger partial charge is 0.479 e. The van der Waals surface area contributed by atoms with Gasteiger partial charge in [0.25, 0.3) is 0 Å². The zero-order chi connectivity index (χ0) is 54.7. The van der Waals surface area contributed by atoms with Crippen molar-refractivity contribution in [2.24, 2.45) is 0 Å². The zero-order valence-electron chi connectivity index (χ0n) is 47.3. The lowest BCUT2D eigenvalue weighted by Gasteiger charge is -2.40. The van der Waals surface area contributed by atoms with Crippen LogP contribution in [0.1, 0.15) is 252 Å². The lowest BCUT2D eigenvalue weighted by molar-refractivity contribution is -0.301. The van der Waals surface area contributed by atoms with Crippen LogP contribution >= 0.6 is 0 Å². The number of carboxylic acids is 1. The highest BCUT2D eigenvalue weighted by atomic mass is 16.7. The Balaban J connectivity index is 2.69. The molecule has 430 valence electrons. The highest BCUT2D eigenvalue weighted by Gasteiger charge is 2.50. The molecule has 1 rings (SSSR count). The second-order valence-electron chi connectivity index (χ2n) is 20.3. The molecule has 0 bridgehead atoms. The predicted molar refractivity (Wildman–Crippen MR) is 303 cm³/mol. The van der Waals surface area contributed by atoms with Gasteiger partial charge in [-0.3, -0.25) is 14.4 Å². The average molecular weight is 1060 g/mol. The molecule has 6 unspecified atom stereocenters. The van der Waals surface area contributed by atoms with Gasteiger partial charge >= 0.3 is 23.9 Å². The number of aliphatic hydroxyl groups excluding tert-OH is 2. The fourth-order valence-corrected chi connectivity index (χ4v) is 8.68. The van der Waals surface area contributed by atoms with Crippen molar-refractivity contribution in [3.8, 4) is 0 Å². The van der Waals surface area contributed by atoms with Crippen LogP contribution in [0, 0.1) is 0 Å². The van der Waals surface area contributed by atoms with Gasteiger partial charge in [0.1, 0.15) is 18.8 Å². The summed E-state index contributed by atoms with van der Waals surface area (Å²) >= 11 is 0. The van der Waals surface area contributed by atoms with Crippen molar-refractivity contribution in [3.63, 3.8) is 0 Å². The van der Waals surface area contributed by atoms with Crippen molar-refractivity contribution in [1.82, 2.24) is 0 Å². The van der Waals surface area contributed by atoms with Gasteiger partial charge in [-0.2, -0.15) is 0 Å². The van der Waals surface area contributed by atoms with Crippen molar-refractivity contribution in [1.29, 1.82) is 0 Å². The summed E-state index contributed by atoms with van der Waals surface area (Å²) in [4.78, 5) is 51.1. The van der Waals surface area contributed by atoms with E-state index in [1.54, 1.807) is 0 Å². The Bertz CT molecular complexity index is 1580. The number of allylic oxidation sites excluding steroid dienone is 12. The van der Waals surface area contributed by atoms with Crippen LogP contribution < -0.4 is 0 Å². The quantitative estimate of drug-likeness (QED) is 0.0228. The molecule has 3 N–H and O–H groups in total. The molecule has 0 aromatic rings. The maximum atomic E-state index is 13.1. The Kier molecular flexibility index (Phi) is 47.0. The normalized spacial score (nSPS) is 18.7. The lowest BCUT2D eigenvalue weighted by Crippen LogP contribution is -2.61. The maximum Gasteiger partial charge on any atom is 0.335 e. The number of rotatable bonds is 50. The van der Waals surface area contributed by atoms with Crippen molar-refractivity contribution < 1.29 is 58.2 Å². The summed E-state index contributed by atoms with van der Waals surface area (Å²) in [6.45, 7) is 5.85. The van der Waals surface area contributed by atoms with Gasteiger partial charge in [-0.25, -0.2) is 4.79 Å².